The van der Waals surface area contributed by atoms with Crippen LogP contribution in [0, 0.1) is 0 Å². The number of hydrogen-bond acceptors (Lipinski definition) is 6. The van der Waals surface area contributed by atoms with Crippen LogP contribution in [0.1, 0.15) is 25.8 Å². The molecule has 0 aliphatic heterocycles. The topological polar surface area (TPSA) is 105 Å². The fourth-order valence-electron chi connectivity index (χ4n) is 4.19. The zero-order valence-electron chi connectivity index (χ0n) is 23.0. The van der Waals surface area contributed by atoms with Crippen molar-refractivity contribution in [2.75, 3.05) is 31.6 Å². The summed E-state index contributed by atoms with van der Waals surface area (Å²) in [4.78, 5) is 28.2. The van der Waals surface area contributed by atoms with Gasteiger partial charge in [-0.3, -0.25) is 13.9 Å². The van der Waals surface area contributed by atoms with Crippen LogP contribution >= 0.6 is 15.9 Å². The van der Waals surface area contributed by atoms with Crippen molar-refractivity contribution in [2.24, 2.45) is 0 Å². The molecule has 0 fully saturated rings. The van der Waals surface area contributed by atoms with Crippen LogP contribution in [0.4, 0.5) is 5.69 Å². The fourth-order valence-corrected chi connectivity index (χ4v) is 5.87. The van der Waals surface area contributed by atoms with Crippen molar-refractivity contribution < 1.29 is 27.5 Å². The minimum atomic E-state index is -4.16. The number of methoxy groups -OCH3 is 1. The molecule has 3 aromatic carbocycles. The normalized spacial score (nSPS) is 11.8. The molecule has 9 nitrogen and oxygen atoms in total. The van der Waals surface area contributed by atoms with Crippen molar-refractivity contribution in [3.05, 3.63) is 82.8 Å². The molecular weight excluding hydrogens is 598 g/mol. The Kier molecular flexibility index (Phi) is 11.0. The molecule has 3 rings (SSSR count). The smallest absolute Gasteiger partial charge is 0.264 e. The average Bonchev–Trinajstić information content (AvgIpc) is 2.96. The summed E-state index contributed by atoms with van der Waals surface area (Å²) >= 11 is 3.33. The van der Waals surface area contributed by atoms with Gasteiger partial charge in [-0.15, -0.1) is 0 Å². The maximum absolute atomic E-state index is 14.0. The highest BCUT2D eigenvalue weighted by molar-refractivity contribution is 9.10. The van der Waals surface area contributed by atoms with Crippen molar-refractivity contribution in [1.82, 2.24) is 10.2 Å². The number of nitrogens with one attached hydrogen (secondary N) is 1. The Labute approximate surface area is 244 Å². The summed E-state index contributed by atoms with van der Waals surface area (Å²) in [6.07, 6.45) is 0.331. The Morgan fingerprint density at radius 3 is 2.23 bits per heavy atom. The number of carbonyl (C=O) groups is 2. The van der Waals surface area contributed by atoms with Gasteiger partial charge < -0.3 is 19.7 Å². The molecule has 2 amide bonds. The highest BCUT2D eigenvalue weighted by atomic mass is 79.9. The van der Waals surface area contributed by atoms with E-state index in [2.05, 4.69) is 21.2 Å². The zero-order chi connectivity index (χ0) is 29.3. The van der Waals surface area contributed by atoms with Crippen molar-refractivity contribution in [2.45, 2.75) is 37.8 Å². The Hall–Kier alpha value is -3.57. The Morgan fingerprint density at radius 2 is 1.65 bits per heavy atom. The molecule has 11 heteroatoms. The zero-order valence-corrected chi connectivity index (χ0v) is 25.4. The number of ether oxygens (including phenoxy) is 2. The van der Waals surface area contributed by atoms with Crippen molar-refractivity contribution in [1.29, 1.82) is 0 Å². The lowest BCUT2D eigenvalue weighted by atomic mass is 10.1. The third-order valence-corrected chi connectivity index (χ3v) is 8.55. The maximum Gasteiger partial charge on any atom is 0.264 e. The molecule has 0 radical (unpaired) electrons. The van der Waals surface area contributed by atoms with Crippen molar-refractivity contribution >= 4 is 43.5 Å². The van der Waals surface area contributed by atoms with Gasteiger partial charge in [0.2, 0.25) is 11.8 Å². The largest absolute Gasteiger partial charge is 0.497 e. The quantitative estimate of drug-likeness (QED) is 0.295. The van der Waals surface area contributed by atoms with Crippen molar-refractivity contribution in [3.63, 3.8) is 0 Å². The minimum Gasteiger partial charge on any atom is -0.497 e. The summed E-state index contributed by atoms with van der Waals surface area (Å²) in [5.74, 6) is 0.297. The minimum absolute atomic E-state index is 0.0232. The molecule has 0 unspecified atom stereocenters. The van der Waals surface area contributed by atoms with Gasteiger partial charge in [-0.25, -0.2) is 8.42 Å². The van der Waals surface area contributed by atoms with Crippen LogP contribution in [0.3, 0.4) is 0 Å². The van der Waals surface area contributed by atoms with Gasteiger partial charge in [0.05, 0.1) is 24.3 Å². The molecular formula is C29H34BrN3O6S. The Morgan fingerprint density at radius 1 is 0.975 bits per heavy atom. The summed E-state index contributed by atoms with van der Waals surface area (Å²) in [6, 6.07) is 19.0. The second-order valence-corrected chi connectivity index (χ2v) is 11.6. The highest BCUT2D eigenvalue weighted by Crippen LogP contribution is 2.28. The van der Waals surface area contributed by atoms with Crippen LogP contribution < -0.4 is 19.1 Å². The molecule has 1 N–H and O–H groups in total. The van der Waals surface area contributed by atoms with E-state index in [9.17, 15) is 18.0 Å². The third-order valence-electron chi connectivity index (χ3n) is 6.24. The van der Waals surface area contributed by atoms with E-state index >= 15 is 0 Å². The van der Waals surface area contributed by atoms with E-state index < -0.39 is 28.5 Å². The molecule has 214 valence electrons. The summed E-state index contributed by atoms with van der Waals surface area (Å²) in [5, 5.41) is 2.62. The molecule has 0 heterocycles. The number of rotatable bonds is 13. The monoisotopic (exact) mass is 631 g/mol. The number of anilines is 1. The number of carbonyl (C=O) groups excluding carboxylic acids is 2. The molecule has 0 saturated carbocycles. The van der Waals surface area contributed by atoms with Crippen LogP contribution in [-0.2, 0) is 26.2 Å². The third kappa shape index (κ3) is 7.54. The second kappa shape index (κ2) is 14.2. The SMILES string of the molecule is CCOc1ccc(N(CC(=O)N(Cc2cccc(OC)c2)[C@@H](CC)C(=O)NC)S(=O)(=O)c2ccc(Br)cc2)cc1. The van der Waals surface area contributed by atoms with E-state index in [1.54, 1.807) is 68.6 Å². The van der Waals surface area contributed by atoms with Gasteiger partial charge in [-0.2, -0.15) is 0 Å². The molecule has 0 aromatic heterocycles. The van der Waals surface area contributed by atoms with Crippen LogP contribution in [0.5, 0.6) is 11.5 Å². The van der Waals surface area contributed by atoms with Gasteiger partial charge in [0, 0.05) is 18.1 Å². The number of hydrogen-bond donors (Lipinski definition) is 1. The molecule has 1 atom stereocenters. The number of benzene rings is 3. The number of halogens is 1. The Bertz CT molecular complexity index is 1400. The van der Waals surface area contributed by atoms with Crippen LogP contribution in [0.15, 0.2) is 82.2 Å². The average molecular weight is 633 g/mol. The fraction of sp³-hybridized carbons (Fsp3) is 0.310. The predicted molar refractivity (Wildman–Crippen MR) is 158 cm³/mol. The van der Waals surface area contributed by atoms with Gasteiger partial charge in [0.1, 0.15) is 24.1 Å². The molecule has 3 aromatic rings. The van der Waals surface area contributed by atoms with E-state index in [0.717, 1.165) is 14.3 Å². The van der Waals surface area contributed by atoms with Gasteiger partial charge in [-0.05, 0) is 79.6 Å². The lowest BCUT2D eigenvalue weighted by Crippen LogP contribution is -2.51. The van der Waals surface area contributed by atoms with E-state index in [0.29, 0.717) is 24.5 Å². The van der Waals surface area contributed by atoms with E-state index in [4.69, 9.17) is 9.47 Å². The van der Waals surface area contributed by atoms with E-state index in [1.807, 2.05) is 13.0 Å². The molecule has 0 spiro atoms. The molecule has 0 bridgehead atoms. The predicted octanol–water partition coefficient (Wildman–Crippen LogP) is 4.61. The summed E-state index contributed by atoms with van der Waals surface area (Å²) in [7, 11) is -1.11. The summed E-state index contributed by atoms with van der Waals surface area (Å²) < 4.78 is 40.4. The molecule has 0 aliphatic rings. The first-order valence-electron chi connectivity index (χ1n) is 12.8. The van der Waals surface area contributed by atoms with Crippen LogP contribution in [0.2, 0.25) is 0 Å². The van der Waals surface area contributed by atoms with Gasteiger partial charge in [0.15, 0.2) is 0 Å². The Balaban J connectivity index is 2.06. The van der Waals surface area contributed by atoms with E-state index in [-0.39, 0.29) is 23.0 Å². The standard InChI is InChI=1S/C29H34BrN3O6S/c1-5-27(29(35)31-3)32(19-21-8-7-9-25(18-21)38-4)28(34)20-33(23-12-14-24(15-13-23)39-6-2)40(36,37)26-16-10-22(30)11-17-26/h7-18,27H,5-6,19-20H2,1-4H3,(H,31,35)/t27-/m0/s1. The first kappa shape index (κ1) is 31.0. The summed E-state index contributed by atoms with van der Waals surface area (Å²) in [6.45, 7) is 3.66. The lowest BCUT2D eigenvalue weighted by Gasteiger charge is -2.33. The van der Waals surface area contributed by atoms with E-state index in [1.165, 1.54) is 24.1 Å². The molecule has 0 aliphatic carbocycles. The van der Waals surface area contributed by atoms with Crippen LogP contribution in [0.25, 0.3) is 0 Å². The first-order valence-corrected chi connectivity index (χ1v) is 15.0. The van der Waals surface area contributed by atoms with Crippen LogP contribution in [-0.4, -0.2) is 58.5 Å². The second-order valence-electron chi connectivity index (χ2n) is 8.80. The first-order chi connectivity index (χ1) is 19.1. The highest BCUT2D eigenvalue weighted by Gasteiger charge is 2.33. The maximum atomic E-state index is 14.0. The number of amides is 2. The number of likely N-dealkylation sites (N-methyl/N-ethyl adjacent to an activating group) is 1. The van der Waals surface area contributed by atoms with Crippen molar-refractivity contribution in [3.8, 4) is 11.5 Å². The molecule has 0 saturated heterocycles. The van der Waals surface area contributed by atoms with Gasteiger partial charge >= 0.3 is 0 Å². The molecule has 40 heavy (non-hydrogen) atoms. The van der Waals surface area contributed by atoms with Gasteiger partial charge in [-0.1, -0.05) is 35.0 Å². The number of sulfonamides is 1. The lowest BCUT2D eigenvalue weighted by molar-refractivity contribution is -0.140. The number of nitrogens with zero attached hydrogens (tertiary/aromatic N) is 2. The van der Waals surface area contributed by atoms with Gasteiger partial charge in [0.25, 0.3) is 10.0 Å². The summed E-state index contributed by atoms with van der Waals surface area (Å²) in [5.41, 5.74) is 1.02.